The van der Waals surface area contributed by atoms with Crippen LogP contribution in [0.15, 0.2) is 24.3 Å². The number of carbonyl (C=O) groups is 1. The number of amides is 1. The van der Waals surface area contributed by atoms with Gasteiger partial charge < -0.3 is 5.32 Å². The molecule has 1 N–H and O–H groups in total. The molecule has 0 radical (unpaired) electrons. The highest BCUT2D eigenvalue weighted by molar-refractivity contribution is 6.30. The molecule has 1 amide bonds. The number of benzene rings is 1. The fourth-order valence-electron chi connectivity index (χ4n) is 2.12. The summed E-state index contributed by atoms with van der Waals surface area (Å²) in [5.74, 6) is 1.73. The van der Waals surface area contributed by atoms with Gasteiger partial charge in [-0.15, -0.1) is 0 Å². The molecular formula is C16H24ClNO. The standard InChI is InChI=1S/C16H24ClNO/c1-11(2)9-14(12(3)4)10-18-16(19)13-5-7-15(17)8-6-13/h5-8,11-12,14H,9-10H2,1-4H3,(H,18,19). The summed E-state index contributed by atoms with van der Waals surface area (Å²) in [4.78, 5) is 12.0. The maximum atomic E-state index is 12.0. The third kappa shape index (κ3) is 5.65. The van der Waals surface area contributed by atoms with Crippen LogP contribution in [0.5, 0.6) is 0 Å². The Bertz CT molecular complexity index is 398. The number of carbonyl (C=O) groups excluding carboxylic acids is 1. The first-order chi connectivity index (χ1) is 8.90. The highest BCUT2D eigenvalue weighted by Gasteiger charge is 2.16. The zero-order valence-electron chi connectivity index (χ0n) is 12.2. The van der Waals surface area contributed by atoms with Crippen molar-refractivity contribution in [3.8, 4) is 0 Å². The van der Waals surface area contributed by atoms with Crippen molar-refractivity contribution in [3.63, 3.8) is 0 Å². The summed E-state index contributed by atoms with van der Waals surface area (Å²) >= 11 is 5.81. The third-order valence-electron chi connectivity index (χ3n) is 3.35. The molecule has 0 saturated heterocycles. The largest absolute Gasteiger partial charge is 0.352 e. The lowest BCUT2D eigenvalue weighted by Crippen LogP contribution is -2.32. The van der Waals surface area contributed by atoms with Gasteiger partial charge in [0.25, 0.3) is 5.91 Å². The van der Waals surface area contributed by atoms with Crippen molar-refractivity contribution >= 4 is 17.5 Å². The van der Waals surface area contributed by atoms with Crippen molar-refractivity contribution in [2.75, 3.05) is 6.54 Å². The normalized spacial score (nSPS) is 12.8. The Morgan fingerprint density at radius 2 is 1.74 bits per heavy atom. The zero-order valence-corrected chi connectivity index (χ0v) is 13.0. The van der Waals surface area contributed by atoms with Crippen molar-refractivity contribution in [1.82, 2.24) is 5.32 Å². The molecule has 1 unspecified atom stereocenters. The van der Waals surface area contributed by atoms with Gasteiger partial charge in [0.1, 0.15) is 0 Å². The summed E-state index contributed by atoms with van der Waals surface area (Å²) in [6.45, 7) is 9.59. The zero-order chi connectivity index (χ0) is 14.4. The van der Waals surface area contributed by atoms with Crippen LogP contribution in [-0.4, -0.2) is 12.5 Å². The van der Waals surface area contributed by atoms with Crippen molar-refractivity contribution in [2.45, 2.75) is 34.1 Å². The van der Waals surface area contributed by atoms with E-state index in [1.807, 2.05) is 0 Å². The Kier molecular flexibility index (Phi) is 6.36. The summed E-state index contributed by atoms with van der Waals surface area (Å²) in [6.07, 6.45) is 1.14. The number of nitrogens with one attached hydrogen (secondary N) is 1. The van der Waals surface area contributed by atoms with E-state index in [9.17, 15) is 4.79 Å². The first-order valence-electron chi connectivity index (χ1n) is 6.94. The van der Waals surface area contributed by atoms with Crippen LogP contribution in [0.2, 0.25) is 5.02 Å². The lowest BCUT2D eigenvalue weighted by molar-refractivity contribution is 0.0940. The predicted molar refractivity (Wildman–Crippen MR) is 81.6 cm³/mol. The van der Waals surface area contributed by atoms with Crippen molar-refractivity contribution < 1.29 is 4.79 Å². The van der Waals surface area contributed by atoms with Crippen LogP contribution in [0.3, 0.4) is 0 Å². The fourth-order valence-corrected chi connectivity index (χ4v) is 2.25. The highest BCUT2D eigenvalue weighted by Crippen LogP contribution is 2.19. The van der Waals surface area contributed by atoms with Crippen molar-refractivity contribution in [3.05, 3.63) is 34.9 Å². The van der Waals surface area contributed by atoms with E-state index in [-0.39, 0.29) is 5.91 Å². The van der Waals surface area contributed by atoms with Gasteiger partial charge in [0.15, 0.2) is 0 Å². The van der Waals surface area contributed by atoms with Crippen LogP contribution in [0.4, 0.5) is 0 Å². The van der Waals surface area contributed by atoms with E-state index in [2.05, 4.69) is 33.0 Å². The van der Waals surface area contributed by atoms with Gasteiger partial charge in [-0.2, -0.15) is 0 Å². The minimum absolute atomic E-state index is 0.0222. The Balaban J connectivity index is 2.54. The van der Waals surface area contributed by atoms with Crippen LogP contribution in [0.1, 0.15) is 44.5 Å². The van der Waals surface area contributed by atoms with Crippen LogP contribution in [0.25, 0.3) is 0 Å². The van der Waals surface area contributed by atoms with Gasteiger partial charge in [-0.1, -0.05) is 39.3 Å². The number of hydrogen-bond acceptors (Lipinski definition) is 1. The molecule has 1 aromatic rings. The minimum atomic E-state index is -0.0222. The van der Waals surface area contributed by atoms with Crippen molar-refractivity contribution in [1.29, 1.82) is 0 Å². The van der Waals surface area contributed by atoms with Crippen LogP contribution < -0.4 is 5.32 Å². The van der Waals surface area contributed by atoms with Gasteiger partial charge in [-0.05, 0) is 48.4 Å². The third-order valence-corrected chi connectivity index (χ3v) is 3.60. The molecule has 1 rings (SSSR count). The first-order valence-corrected chi connectivity index (χ1v) is 7.31. The Hall–Kier alpha value is -1.02. The highest BCUT2D eigenvalue weighted by atomic mass is 35.5. The summed E-state index contributed by atoms with van der Waals surface area (Å²) in [6, 6.07) is 6.99. The van der Waals surface area contributed by atoms with Gasteiger partial charge in [0, 0.05) is 17.1 Å². The second-order valence-corrected chi connectivity index (χ2v) is 6.29. The van der Waals surface area contributed by atoms with Crippen LogP contribution in [-0.2, 0) is 0 Å². The number of hydrogen-bond donors (Lipinski definition) is 1. The second kappa shape index (κ2) is 7.54. The number of halogens is 1. The van der Waals surface area contributed by atoms with Crippen LogP contribution in [0, 0.1) is 17.8 Å². The molecular weight excluding hydrogens is 258 g/mol. The minimum Gasteiger partial charge on any atom is -0.352 e. The van der Waals surface area contributed by atoms with E-state index in [1.165, 1.54) is 0 Å². The first kappa shape index (κ1) is 16.0. The maximum Gasteiger partial charge on any atom is 0.251 e. The SMILES string of the molecule is CC(C)CC(CNC(=O)c1ccc(Cl)cc1)C(C)C. The predicted octanol–water partition coefficient (Wildman–Crippen LogP) is 4.39. The molecule has 1 atom stereocenters. The number of rotatable bonds is 6. The topological polar surface area (TPSA) is 29.1 Å². The van der Waals surface area contributed by atoms with E-state index in [1.54, 1.807) is 24.3 Å². The van der Waals surface area contributed by atoms with Crippen LogP contribution >= 0.6 is 11.6 Å². The Morgan fingerprint density at radius 3 is 2.21 bits per heavy atom. The summed E-state index contributed by atoms with van der Waals surface area (Å²) in [5, 5.41) is 3.67. The molecule has 0 aliphatic heterocycles. The molecule has 0 spiro atoms. The summed E-state index contributed by atoms with van der Waals surface area (Å²) < 4.78 is 0. The van der Waals surface area contributed by atoms with E-state index in [4.69, 9.17) is 11.6 Å². The average molecular weight is 282 g/mol. The molecule has 0 aliphatic rings. The van der Waals surface area contributed by atoms with E-state index in [0.717, 1.165) is 13.0 Å². The van der Waals surface area contributed by atoms with Gasteiger partial charge in [-0.3, -0.25) is 4.79 Å². The molecule has 0 bridgehead atoms. The quantitative estimate of drug-likeness (QED) is 0.823. The smallest absolute Gasteiger partial charge is 0.251 e. The van der Waals surface area contributed by atoms with Crippen molar-refractivity contribution in [2.24, 2.45) is 17.8 Å². The lowest BCUT2D eigenvalue weighted by atomic mass is 9.87. The average Bonchev–Trinajstić information content (AvgIpc) is 2.34. The molecule has 0 saturated carbocycles. The molecule has 106 valence electrons. The maximum absolute atomic E-state index is 12.0. The van der Waals surface area contributed by atoms with Gasteiger partial charge in [0.2, 0.25) is 0 Å². The summed E-state index contributed by atoms with van der Waals surface area (Å²) in [5.41, 5.74) is 0.663. The second-order valence-electron chi connectivity index (χ2n) is 5.85. The van der Waals surface area contributed by atoms with Gasteiger partial charge in [0.05, 0.1) is 0 Å². The molecule has 2 nitrogen and oxygen atoms in total. The van der Waals surface area contributed by atoms with Gasteiger partial charge in [-0.25, -0.2) is 0 Å². The monoisotopic (exact) mass is 281 g/mol. The molecule has 1 aromatic carbocycles. The Labute approximate surface area is 121 Å². The van der Waals surface area contributed by atoms with Gasteiger partial charge >= 0.3 is 0 Å². The van der Waals surface area contributed by atoms with E-state index >= 15 is 0 Å². The molecule has 0 aliphatic carbocycles. The molecule has 0 heterocycles. The van der Waals surface area contributed by atoms with E-state index < -0.39 is 0 Å². The van der Waals surface area contributed by atoms with E-state index in [0.29, 0.717) is 28.3 Å². The fraction of sp³-hybridized carbons (Fsp3) is 0.562. The molecule has 0 fully saturated rings. The molecule has 19 heavy (non-hydrogen) atoms. The summed E-state index contributed by atoms with van der Waals surface area (Å²) in [7, 11) is 0. The Morgan fingerprint density at radius 1 is 1.16 bits per heavy atom. The lowest BCUT2D eigenvalue weighted by Gasteiger charge is -2.23. The molecule has 0 aromatic heterocycles. The molecule has 3 heteroatoms.